The maximum Gasteiger partial charge on any atom is 0.266 e. The van der Waals surface area contributed by atoms with Gasteiger partial charge in [-0.2, -0.15) is 9.30 Å². The van der Waals surface area contributed by atoms with Crippen LogP contribution in [-0.2, 0) is 21.9 Å². The first-order valence-electron chi connectivity index (χ1n) is 8.38. The number of hydrogen-bond acceptors (Lipinski definition) is 5. The van der Waals surface area contributed by atoms with Gasteiger partial charge in [-0.05, 0) is 43.2 Å². The summed E-state index contributed by atoms with van der Waals surface area (Å²) < 4.78 is 31.5. The molecule has 1 aliphatic heterocycles. The van der Waals surface area contributed by atoms with Crippen LogP contribution < -0.4 is 4.80 Å². The maximum atomic E-state index is 12.9. The molecule has 11 heteroatoms. The number of carbonyl (C=O) groups is 1. The molecule has 1 atom stereocenters. The molecule has 6 nitrogen and oxygen atoms in total. The van der Waals surface area contributed by atoms with Gasteiger partial charge in [0.15, 0.2) is 4.80 Å². The van der Waals surface area contributed by atoms with Crippen LogP contribution in [0.15, 0.2) is 44.0 Å². The molecule has 1 aliphatic rings. The van der Waals surface area contributed by atoms with E-state index < -0.39 is 22.0 Å². The lowest BCUT2D eigenvalue weighted by atomic mass is 10.2. The van der Waals surface area contributed by atoms with E-state index >= 15 is 0 Å². The molecule has 3 heterocycles. The number of fused-ring (bicyclic) bond motifs is 1. The monoisotopic (exact) mass is 519 g/mol. The number of rotatable bonds is 3. The van der Waals surface area contributed by atoms with Gasteiger partial charge in [0.2, 0.25) is 0 Å². The van der Waals surface area contributed by atoms with Crippen LogP contribution in [0.1, 0.15) is 12.8 Å². The van der Waals surface area contributed by atoms with Crippen LogP contribution in [0.3, 0.4) is 0 Å². The zero-order valence-corrected chi connectivity index (χ0v) is 19.4. The van der Waals surface area contributed by atoms with Crippen molar-refractivity contribution in [2.45, 2.75) is 23.1 Å². The second-order valence-electron chi connectivity index (χ2n) is 6.34. The average molecular weight is 521 g/mol. The second kappa shape index (κ2) is 7.66. The molecule has 0 aliphatic carbocycles. The smallest absolute Gasteiger partial charge is 0.266 e. The van der Waals surface area contributed by atoms with Crippen LogP contribution in [0.2, 0.25) is 4.34 Å². The fraction of sp³-hybridized carbons (Fsp3) is 0.294. The Hall–Kier alpha value is -1.04. The second-order valence-corrected chi connectivity index (χ2v) is 12.1. The SMILES string of the molecule is Cn1c(=NC(=O)C2CCCN2S(=O)(=O)c2ccc(Cl)s2)sc2cc(Br)ccc21. The van der Waals surface area contributed by atoms with E-state index in [1.807, 2.05) is 29.8 Å². The van der Waals surface area contributed by atoms with Crippen LogP contribution in [0.25, 0.3) is 10.2 Å². The number of aryl methyl sites for hydroxylation is 1. The van der Waals surface area contributed by atoms with Crippen LogP contribution in [0.5, 0.6) is 0 Å². The van der Waals surface area contributed by atoms with Crippen molar-refractivity contribution in [3.8, 4) is 0 Å². The summed E-state index contributed by atoms with van der Waals surface area (Å²) in [6.45, 7) is 0.301. The Morgan fingerprint density at radius 2 is 2.07 bits per heavy atom. The van der Waals surface area contributed by atoms with Gasteiger partial charge in [0.25, 0.3) is 15.9 Å². The maximum absolute atomic E-state index is 12.9. The Balaban J connectivity index is 1.70. The number of amides is 1. The highest BCUT2D eigenvalue weighted by molar-refractivity contribution is 9.10. The zero-order valence-electron chi connectivity index (χ0n) is 14.6. The Labute approximate surface area is 183 Å². The molecule has 1 fully saturated rings. The average Bonchev–Trinajstić information content (AvgIpc) is 3.35. The number of carbonyl (C=O) groups excluding carboxylic acids is 1. The molecule has 1 unspecified atom stereocenters. The summed E-state index contributed by atoms with van der Waals surface area (Å²) in [7, 11) is -1.92. The van der Waals surface area contributed by atoms with Crippen LogP contribution >= 0.6 is 50.2 Å². The van der Waals surface area contributed by atoms with Crippen LogP contribution in [-0.4, -0.2) is 35.8 Å². The van der Waals surface area contributed by atoms with Gasteiger partial charge in [-0.1, -0.05) is 38.9 Å². The Morgan fingerprint density at radius 1 is 1.29 bits per heavy atom. The van der Waals surface area contributed by atoms with E-state index in [1.54, 1.807) is 6.07 Å². The molecule has 0 bridgehead atoms. The van der Waals surface area contributed by atoms with Gasteiger partial charge in [-0.3, -0.25) is 4.79 Å². The number of thiazole rings is 1. The van der Waals surface area contributed by atoms with E-state index in [1.165, 1.54) is 21.7 Å². The summed E-state index contributed by atoms with van der Waals surface area (Å²) in [6, 6.07) is 8.08. The van der Waals surface area contributed by atoms with Crippen molar-refractivity contribution in [3.05, 3.63) is 43.9 Å². The number of halogens is 2. The summed E-state index contributed by atoms with van der Waals surface area (Å²) in [6.07, 6.45) is 1.08. The van der Waals surface area contributed by atoms with Gasteiger partial charge < -0.3 is 4.57 Å². The molecule has 0 radical (unpaired) electrons. The molecular weight excluding hydrogens is 506 g/mol. The highest BCUT2D eigenvalue weighted by atomic mass is 79.9. The fourth-order valence-corrected chi connectivity index (χ4v) is 8.05. The van der Waals surface area contributed by atoms with Gasteiger partial charge in [0.05, 0.1) is 14.6 Å². The lowest BCUT2D eigenvalue weighted by molar-refractivity contribution is -0.121. The van der Waals surface area contributed by atoms with Crippen molar-refractivity contribution < 1.29 is 13.2 Å². The molecule has 28 heavy (non-hydrogen) atoms. The van der Waals surface area contributed by atoms with Gasteiger partial charge >= 0.3 is 0 Å². The molecule has 1 saturated heterocycles. The molecule has 0 N–H and O–H groups in total. The normalized spacial score (nSPS) is 19.0. The predicted molar refractivity (Wildman–Crippen MR) is 115 cm³/mol. The summed E-state index contributed by atoms with van der Waals surface area (Å²) in [4.78, 5) is 17.7. The molecule has 0 spiro atoms. The molecule has 2 aromatic heterocycles. The van der Waals surface area contributed by atoms with Crippen molar-refractivity contribution in [2.75, 3.05) is 6.54 Å². The van der Waals surface area contributed by atoms with Gasteiger partial charge in [-0.15, -0.1) is 11.3 Å². The van der Waals surface area contributed by atoms with E-state index in [0.717, 1.165) is 26.0 Å². The lowest BCUT2D eigenvalue weighted by Crippen LogP contribution is -2.40. The first-order chi connectivity index (χ1) is 13.3. The van der Waals surface area contributed by atoms with E-state index in [-0.39, 0.29) is 4.21 Å². The van der Waals surface area contributed by atoms with Crippen molar-refractivity contribution in [1.29, 1.82) is 0 Å². The van der Waals surface area contributed by atoms with Gasteiger partial charge in [-0.25, -0.2) is 8.42 Å². The van der Waals surface area contributed by atoms with Crippen LogP contribution in [0.4, 0.5) is 0 Å². The minimum atomic E-state index is -3.77. The van der Waals surface area contributed by atoms with Crippen molar-refractivity contribution >= 4 is 76.4 Å². The van der Waals surface area contributed by atoms with Gasteiger partial charge in [0.1, 0.15) is 10.3 Å². The van der Waals surface area contributed by atoms with E-state index in [4.69, 9.17) is 11.6 Å². The number of sulfonamides is 1. The zero-order chi connectivity index (χ0) is 20.1. The highest BCUT2D eigenvalue weighted by Crippen LogP contribution is 2.32. The lowest BCUT2D eigenvalue weighted by Gasteiger charge is -2.20. The number of aromatic nitrogens is 1. The Morgan fingerprint density at radius 3 is 2.79 bits per heavy atom. The summed E-state index contributed by atoms with van der Waals surface area (Å²) in [5, 5.41) is 0. The molecule has 1 amide bonds. The molecule has 148 valence electrons. The fourth-order valence-electron chi connectivity index (χ4n) is 3.21. The third-order valence-corrected chi connectivity index (χ3v) is 9.77. The highest BCUT2D eigenvalue weighted by Gasteiger charge is 2.40. The molecule has 4 rings (SSSR count). The van der Waals surface area contributed by atoms with Crippen molar-refractivity contribution in [1.82, 2.24) is 8.87 Å². The minimum absolute atomic E-state index is 0.148. The summed E-state index contributed by atoms with van der Waals surface area (Å²) in [5.41, 5.74) is 0.962. The molecule has 0 saturated carbocycles. The Bertz CT molecular complexity index is 1250. The van der Waals surface area contributed by atoms with Crippen molar-refractivity contribution in [2.24, 2.45) is 12.0 Å². The van der Waals surface area contributed by atoms with E-state index in [0.29, 0.717) is 28.5 Å². The number of benzene rings is 1. The molecule has 1 aromatic carbocycles. The minimum Gasteiger partial charge on any atom is -0.319 e. The van der Waals surface area contributed by atoms with E-state index in [9.17, 15) is 13.2 Å². The number of hydrogen-bond donors (Lipinski definition) is 0. The predicted octanol–water partition coefficient (Wildman–Crippen LogP) is 4.00. The summed E-state index contributed by atoms with van der Waals surface area (Å²) >= 11 is 11.7. The first-order valence-corrected chi connectivity index (χ1v) is 12.6. The third-order valence-electron chi connectivity index (χ3n) is 4.58. The summed E-state index contributed by atoms with van der Waals surface area (Å²) in [5.74, 6) is -0.440. The quantitative estimate of drug-likeness (QED) is 0.524. The Kier molecular flexibility index (Phi) is 5.54. The first kappa shape index (κ1) is 20.2. The van der Waals surface area contributed by atoms with Crippen LogP contribution in [0, 0.1) is 0 Å². The topological polar surface area (TPSA) is 71.7 Å². The molecule has 3 aromatic rings. The standard InChI is InChI=1S/C17H15BrClN3O3S3/c1-21-11-5-4-10(18)9-13(11)26-17(21)20-16(23)12-3-2-8-22(12)28(24,25)15-7-6-14(19)27-15/h4-7,9,12H,2-3,8H2,1H3. The largest absolute Gasteiger partial charge is 0.319 e. The van der Waals surface area contributed by atoms with Crippen molar-refractivity contribution in [3.63, 3.8) is 0 Å². The third kappa shape index (κ3) is 3.61. The van der Waals surface area contributed by atoms with Gasteiger partial charge in [0, 0.05) is 18.1 Å². The number of thiophene rings is 1. The number of nitrogens with zero attached hydrogens (tertiary/aromatic N) is 3. The molecular formula is C17H15BrClN3O3S3. The van der Waals surface area contributed by atoms with E-state index in [2.05, 4.69) is 20.9 Å².